The molecule has 188 valence electrons. The molecule has 6 heteroatoms. The Hall–Kier alpha value is -3.38. The first-order valence-electron chi connectivity index (χ1n) is 13.2. The van der Waals surface area contributed by atoms with Gasteiger partial charge in [-0.15, -0.1) is 0 Å². The van der Waals surface area contributed by atoms with Gasteiger partial charge in [-0.25, -0.2) is 9.78 Å². The Morgan fingerprint density at radius 3 is 2.78 bits per heavy atom. The summed E-state index contributed by atoms with van der Waals surface area (Å²) < 4.78 is 9.21. The number of carbonyl (C=O) groups is 1. The summed E-state index contributed by atoms with van der Waals surface area (Å²) in [6, 6.07) is 16.8. The molecule has 1 aliphatic carbocycles. The largest absolute Gasteiger partial charge is 0.385 e. The number of aromatic nitrogens is 3. The molecule has 4 aromatic rings. The molecule has 36 heavy (non-hydrogen) atoms. The highest BCUT2D eigenvalue weighted by molar-refractivity contribution is 5.97. The van der Waals surface area contributed by atoms with Gasteiger partial charge in [0.25, 0.3) is 0 Å². The number of hydrogen-bond acceptors (Lipinski definition) is 3. The third-order valence-corrected chi connectivity index (χ3v) is 7.36. The van der Waals surface area contributed by atoms with E-state index in [1.807, 2.05) is 18.7 Å². The summed E-state index contributed by atoms with van der Waals surface area (Å²) in [7, 11) is 1.68. The highest BCUT2D eigenvalue weighted by Crippen LogP contribution is 2.31. The fourth-order valence-corrected chi connectivity index (χ4v) is 5.45. The van der Waals surface area contributed by atoms with E-state index in [-0.39, 0.29) is 6.03 Å². The van der Waals surface area contributed by atoms with Crippen molar-refractivity contribution < 1.29 is 9.53 Å². The minimum atomic E-state index is -0.106. The van der Waals surface area contributed by atoms with Gasteiger partial charge in [0.05, 0.1) is 6.33 Å². The van der Waals surface area contributed by atoms with E-state index >= 15 is 0 Å². The number of methoxy groups -OCH3 is 1. The second-order valence-corrected chi connectivity index (χ2v) is 9.91. The summed E-state index contributed by atoms with van der Waals surface area (Å²) in [5.41, 5.74) is 4.30. The molecule has 2 aromatic heterocycles. The van der Waals surface area contributed by atoms with Gasteiger partial charge < -0.3 is 14.6 Å². The van der Waals surface area contributed by atoms with Crippen LogP contribution in [0.3, 0.4) is 0 Å². The fraction of sp³-hybridized carbons (Fsp3) is 0.400. The topological polar surface area (TPSA) is 61.1 Å². The Kier molecular flexibility index (Phi) is 7.82. The van der Waals surface area contributed by atoms with Crippen LogP contribution in [0, 0.1) is 5.92 Å². The average molecular weight is 485 g/mol. The van der Waals surface area contributed by atoms with E-state index in [1.54, 1.807) is 11.7 Å². The number of amides is 1. The van der Waals surface area contributed by atoms with E-state index in [9.17, 15) is 4.79 Å². The van der Waals surface area contributed by atoms with Crippen LogP contribution in [0.2, 0.25) is 0 Å². The molecule has 0 saturated heterocycles. The van der Waals surface area contributed by atoms with Gasteiger partial charge in [-0.2, -0.15) is 0 Å². The number of ether oxygens (including phenoxy) is 1. The second kappa shape index (κ2) is 11.6. The van der Waals surface area contributed by atoms with Crippen LogP contribution in [0.5, 0.6) is 0 Å². The maximum absolute atomic E-state index is 13.3. The van der Waals surface area contributed by atoms with E-state index in [2.05, 4.69) is 63.4 Å². The van der Waals surface area contributed by atoms with Crippen molar-refractivity contribution in [3.63, 3.8) is 0 Å². The van der Waals surface area contributed by atoms with E-state index in [1.165, 1.54) is 42.9 Å². The first-order valence-corrected chi connectivity index (χ1v) is 13.2. The maximum Gasteiger partial charge on any atom is 0.325 e. The van der Waals surface area contributed by atoms with Crippen molar-refractivity contribution in [3.8, 4) is 11.1 Å². The van der Waals surface area contributed by atoms with Crippen molar-refractivity contribution in [3.05, 3.63) is 78.6 Å². The van der Waals surface area contributed by atoms with Crippen LogP contribution in [0.25, 0.3) is 21.9 Å². The first-order chi connectivity index (χ1) is 17.7. The molecule has 0 unspecified atom stereocenters. The molecule has 1 amide bonds. The van der Waals surface area contributed by atoms with Gasteiger partial charge in [0.2, 0.25) is 0 Å². The Morgan fingerprint density at radius 1 is 1.08 bits per heavy atom. The number of benzene rings is 2. The zero-order chi connectivity index (χ0) is 24.7. The van der Waals surface area contributed by atoms with Crippen LogP contribution < -0.4 is 5.32 Å². The van der Waals surface area contributed by atoms with Crippen molar-refractivity contribution in [2.75, 3.05) is 20.3 Å². The summed E-state index contributed by atoms with van der Waals surface area (Å²) in [6.45, 7) is 2.21. The van der Waals surface area contributed by atoms with Gasteiger partial charge in [0.1, 0.15) is 0 Å². The summed E-state index contributed by atoms with van der Waals surface area (Å²) in [6.07, 6.45) is 13.9. The third kappa shape index (κ3) is 5.54. The van der Waals surface area contributed by atoms with Crippen LogP contribution in [-0.2, 0) is 17.7 Å². The summed E-state index contributed by atoms with van der Waals surface area (Å²) in [5, 5.41) is 5.44. The normalized spacial score (nSPS) is 14.4. The van der Waals surface area contributed by atoms with Crippen molar-refractivity contribution in [1.29, 1.82) is 0 Å². The van der Waals surface area contributed by atoms with Crippen molar-refractivity contribution >= 4 is 16.8 Å². The molecular weight excluding hydrogens is 448 g/mol. The molecule has 1 aliphatic rings. The molecule has 2 heterocycles. The smallest absolute Gasteiger partial charge is 0.325 e. The van der Waals surface area contributed by atoms with Gasteiger partial charge in [-0.05, 0) is 47.6 Å². The predicted molar refractivity (Wildman–Crippen MR) is 144 cm³/mol. The van der Waals surface area contributed by atoms with Crippen LogP contribution in [0.4, 0.5) is 4.79 Å². The van der Waals surface area contributed by atoms with Crippen LogP contribution in [0.15, 0.2) is 67.3 Å². The number of nitrogens with one attached hydrogen (secondary N) is 1. The monoisotopic (exact) mass is 484 g/mol. The highest BCUT2D eigenvalue weighted by atomic mass is 16.5. The van der Waals surface area contributed by atoms with E-state index in [0.717, 1.165) is 35.5 Å². The molecule has 0 aliphatic heterocycles. The van der Waals surface area contributed by atoms with Crippen LogP contribution in [0.1, 0.15) is 49.9 Å². The molecule has 0 spiro atoms. The molecule has 6 nitrogen and oxygen atoms in total. The van der Waals surface area contributed by atoms with Crippen molar-refractivity contribution in [2.45, 2.75) is 51.5 Å². The standard InChI is InChI=1S/C30H36N4O2/c1-36-16-8-15-32-30(35)34-21-25(29-14-7-12-24-11-5-6-13-28(24)29)17-26(34)18-27-19-31-22-33(27)20-23-9-3-2-4-10-23/h5-7,11-14,17,19,21-23H,2-4,8-10,15-16,18,20H2,1H3,(H,32,35). The lowest BCUT2D eigenvalue weighted by atomic mass is 9.89. The Bertz CT molecular complexity index is 1290. The number of carbonyl (C=O) groups excluding carboxylic acids is 1. The molecule has 1 N–H and O–H groups in total. The maximum atomic E-state index is 13.3. The van der Waals surface area contributed by atoms with Crippen LogP contribution in [-0.4, -0.2) is 40.4 Å². The fourth-order valence-electron chi connectivity index (χ4n) is 5.45. The Balaban J connectivity index is 1.45. The zero-order valence-electron chi connectivity index (χ0n) is 21.2. The lowest BCUT2D eigenvalue weighted by Crippen LogP contribution is -2.30. The number of nitrogens with zero attached hydrogens (tertiary/aromatic N) is 3. The summed E-state index contributed by atoms with van der Waals surface area (Å²) in [5.74, 6) is 0.716. The zero-order valence-corrected chi connectivity index (χ0v) is 21.2. The second-order valence-electron chi connectivity index (χ2n) is 9.91. The average Bonchev–Trinajstić information content (AvgIpc) is 3.54. The van der Waals surface area contributed by atoms with Gasteiger partial charge in [-0.1, -0.05) is 61.7 Å². The molecule has 0 radical (unpaired) electrons. The molecule has 0 bridgehead atoms. The lowest BCUT2D eigenvalue weighted by Gasteiger charge is -2.22. The predicted octanol–water partition coefficient (Wildman–Crippen LogP) is 6.27. The SMILES string of the molecule is COCCCNC(=O)n1cc(-c2cccc3ccccc23)cc1Cc1cncn1CC1CCCCC1. The molecule has 1 fully saturated rings. The quantitative estimate of drug-likeness (QED) is 0.285. The molecule has 0 atom stereocenters. The van der Waals surface area contributed by atoms with Crippen LogP contribution >= 0.6 is 0 Å². The van der Waals surface area contributed by atoms with E-state index in [4.69, 9.17) is 4.74 Å². The number of hydrogen-bond donors (Lipinski definition) is 1. The Labute approximate surface area is 213 Å². The van der Waals surface area contributed by atoms with Crippen molar-refractivity contribution in [1.82, 2.24) is 19.4 Å². The molecule has 1 saturated carbocycles. The molecule has 2 aromatic carbocycles. The minimum Gasteiger partial charge on any atom is -0.385 e. The highest BCUT2D eigenvalue weighted by Gasteiger charge is 2.19. The first kappa shape index (κ1) is 24.3. The van der Waals surface area contributed by atoms with E-state index < -0.39 is 0 Å². The summed E-state index contributed by atoms with van der Waals surface area (Å²) >= 11 is 0. The van der Waals surface area contributed by atoms with Gasteiger partial charge in [0, 0.05) is 62.6 Å². The number of rotatable bonds is 9. The van der Waals surface area contributed by atoms with Gasteiger partial charge in [0.15, 0.2) is 0 Å². The number of fused-ring (bicyclic) bond motifs is 1. The Morgan fingerprint density at radius 2 is 1.92 bits per heavy atom. The number of imidazole rings is 1. The minimum absolute atomic E-state index is 0.106. The lowest BCUT2D eigenvalue weighted by molar-refractivity contribution is 0.193. The van der Waals surface area contributed by atoms with Gasteiger partial charge >= 0.3 is 6.03 Å². The third-order valence-electron chi connectivity index (χ3n) is 7.36. The van der Waals surface area contributed by atoms with E-state index in [0.29, 0.717) is 25.5 Å². The van der Waals surface area contributed by atoms with Crippen molar-refractivity contribution in [2.24, 2.45) is 5.92 Å². The van der Waals surface area contributed by atoms with Gasteiger partial charge in [-0.3, -0.25) is 4.57 Å². The molecular formula is C30H36N4O2. The summed E-state index contributed by atoms with van der Waals surface area (Å²) in [4.78, 5) is 17.7. The molecule has 5 rings (SSSR count).